The van der Waals surface area contributed by atoms with Crippen molar-refractivity contribution in [3.05, 3.63) is 72.2 Å². The summed E-state index contributed by atoms with van der Waals surface area (Å²) in [4.78, 5) is 8.62. The molecule has 0 aliphatic carbocycles. The average molecular weight is 292 g/mol. The molecule has 2 heterocycles. The minimum absolute atomic E-state index is 0.476. The zero-order valence-corrected chi connectivity index (χ0v) is 12.0. The van der Waals surface area contributed by atoms with Crippen LogP contribution in [0.3, 0.4) is 0 Å². The fourth-order valence-corrected chi connectivity index (χ4v) is 1.92. The molecule has 0 unspecified atom stereocenters. The lowest BCUT2D eigenvalue weighted by Crippen LogP contribution is -2.08. The second-order valence-corrected chi connectivity index (χ2v) is 4.68. The van der Waals surface area contributed by atoms with Crippen molar-refractivity contribution in [3.8, 4) is 0 Å². The summed E-state index contributed by atoms with van der Waals surface area (Å²) in [6, 6.07) is 15.9. The molecular weight excluding hydrogens is 276 g/mol. The molecule has 6 nitrogen and oxygen atoms in total. The molecule has 2 aromatic heterocycles. The maximum atomic E-state index is 4.38. The summed E-state index contributed by atoms with van der Waals surface area (Å²) in [5, 5.41) is 14.3. The van der Waals surface area contributed by atoms with E-state index in [9.17, 15) is 0 Å². The van der Waals surface area contributed by atoms with Crippen LogP contribution in [0.2, 0.25) is 0 Å². The Morgan fingerprint density at radius 2 is 1.73 bits per heavy atom. The minimum Gasteiger partial charge on any atom is -0.365 e. The van der Waals surface area contributed by atoms with Crippen molar-refractivity contribution in [3.63, 3.8) is 0 Å². The third-order valence-electron chi connectivity index (χ3n) is 3.03. The first-order valence-corrected chi connectivity index (χ1v) is 7.01. The van der Waals surface area contributed by atoms with E-state index in [4.69, 9.17) is 0 Å². The standard InChI is InChI=1S/C16H16N6/c1-2-6-13(7-3-1)10-18-15-12-20-22-16(21-15)19-11-14-8-4-5-9-17-14/h1-9,12H,10-11H2,(H2,18,19,21,22). The topological polar surface area (TPSA) is 75.6 Å². The Kier molecular flexibility index (Phi) is 4.51. The molecule has 0 saturated heterocycles. The predicted molar refractivity (Wildman–Crippen MR) is 85.2 cm³/mol. The van der Waals surface area contributed by atoms with Gasteiger partial charge in [0.15, 0.2) is 5.82 Å². The summed E-state index contributed by atoms with van der Waals surface area (Å²) >= 11 is 0. The SMILES string of the molecule is c1ccc(CNc2cnnc(NCc3ccccn3)n2)cc1. The lowest BCUT2D eigenvalue weighted by atomic mass is 10.2. The molecule has 0 spiro atoms. The van der Waals surface area contributed by atoms with E-state index < -0.39 is 0 Å². The fourth-order valence-electron chi connectivity index (χ4n) is 1.92. The van der Waals surface area contributed by atoms with Crippen LogP contribution < -0.4 is 10.6 Å². The van der Waals surface area contributed by atoms with Crippen LogP contribution in [-0.2, 0) is 13.1 Å². The van der Waals surface area contributed by atoms with Gasteiger partial charge in [0.2, 0.25) is 5.95 Å². The monoisotopic (exact) mass is 292 g/mol. The van der Waals surface area contributed by atoms with E-state index in [0.717, 1.165) is 5.69 Å². The molecule has 3 rings (SSSR count). The Labute approximate surface area is 128 Å². The number of benzene rings is 1. The van der Waals surface area contributed by atoms with Crippen molar-refractivity contribution >= 4 is 11.8 Å². The van der Waals surface area contributed by atoms with E-state index in [1.54, 1.807) is 12.4 Å². The molecule has 0 aliphatic rings. The van der Waals surface area contributed by atoms with Gasteiger partial charge in [-0.25, -0.2) is 0 Å². The summed E-state index contributed by atoms with van der Waals surface area (Å²) in [5.41, 5.74) is 2.11. The minimum atomic E-state index is 0.476. The van der Waals surface area contributed by atoms with Crippen molar-refractivity contribution in [2.24, 2.45) is 0 Å². The second kappa shape index (κ2) is 7.12. The summed E-state index contributed by atoms with van der Waals surface area (Å²) < 4.78 is 0. The van der Waals surface area contributed by atoms with Crippen molar-refractivity contribution in [1.82, 2.24) is 20.2 Å². The van der Waals surface area contributed by atoms with Gasteiger partial charge in [0.1, 0.15) is 0 Å². The van der Waals surface area contributed by atoms with Gasteiger partial charge < -0.3 is 10.6 Å². The highest BCUT2D eigenvalue weighted by molar-refractivity contribution is 5.38. The first kappa shape index (κ1) is 13.9. The lowest BCUT2D eigenvalue weighted by Gasteiger charge is -2.07. The molecule has 0 aliphatic heterocycles. The van der Waals surface area contributed by atoms with Gasteiger partial charge in [-0.1, -0.05) is 36.4 Å². The summed E-state index contributed by atoms with van der Waals surface area (Å²) in [5.74, 6) is 1.16. The average Bonchev–Trinajstić information content (AvgIpc) is 2.60. The van der Waals surface area contributed by atoms with E-state index in [1.807, 2.05) is 36.4 Å². The van der Waals surface area contributed by atoms with Crippen LogP contribution >= 0.6 is 0 Å². The maximum Gasteiger partial charge on any atom is 0.245 e. The highest BCUT2D eigenvalue weighted by Crippen LogP contribution is 2.07. The first-order valence-electron chi connectivity index (χ1n) is 7.01. The molecule has 0 amide bonds. The molecule has 3 aromatic rings. The number of rotatable bonds is 6. The largest absolute Gasteiger partial charge is 0.365 e. The van der Waals surface area contributed by atoms with Crippen LogP contribution in [0.15, 0.2) is 60.9 Å². The molecule has 2 N–H and O–H groups in total. The number of hydrogen-bond acceptors (Lipinski definition) is 6. The highest BCUT2D eigenvalue weighted by atomic mass is 15.3. The molecular formula is C16H16N6. The second-order valence-electron chi connectivity index (χ2n) is 4.68. The number of pyridine rings is 1. The molecule has 1 aromatic carbocycles. The predicted octanol–water partition coefficient (Wildman–Crippen LogP) is 2.49. The van der Waals surface area contributed by atoms with Crippen molar-refractivity contribution < 1.29 is 0 Å². The number of nitrogens with one attached hydrogen (secondary N) is 2. The highest BCUT2D eigenvalue weighted by Gasteiger charge is 2.01. The summed E-state index contributed by atoms with van der Waals surface area (Å²) in [7, 11) is 0. The summed E-state index contributed by atoms with van der Waals surface area (Å²) in [6.45, 7) is 1.25. The maximum absolute atomic E-state index is 4.38. The number of nitrogens with zero attached hydrogens (tertiary/aromatic N) is 4. The zero-order chi connectivity index (χ0) is 15.0. The molecule has 0 bridgehead atoms. The normalized spacial score (nSPS) is 10.2. The van der Waals surface area contributed by atoms with Crippen molar-refractivity contribution in [2.45, 2.75) is 13.1 Å². The molecule has 0 radical (unpaired) electrons. The van der Waals surface area contributed by atoms with Gasteiger partial charge in [-0.3, -0.25) is 4.98 Å². The van der Waals surface area contributed by atoms with Crippen molar-refractivity contribution in [1.29, 1.82) is 0 Å². The van der Waals surface area contributed by atoms with Crippen LogP contribution in [0.4, 0.5) is 11.8 Å². The molecule has 110 valence electrons. The Balaban J connectivity index is 1.58. The molecule has 22 heavy (non-hydrogen) atoms. The quantitative estimate of drug-likeness (QED) is 0.727. The summed E-state index contributed by atoms with van der Waals surface area (Å²) in [6.07, 6.45) is 3.36. The van der Waals surface area contributed by atoms with Gasteiger partial charge in [-0.05, 0) is 17.7 Å². The van der Waals surface area contributed by atoms with E-state index in [2.05, 4.69) is 42.9 Å². The van der Waals surface area contributed by atoms with E-state index in [0.29, 0.717) is 24.9 Å². The van der Waals surface area contributed by atoms with E-state index in [-0.39, 0.29) is 0 Å². The Bertz CT molecular complexity index is 643. The van der Waals surface area contributed by atoms with Gasteiger partial charge in [0, 0.05) is 12.7 Å². The van der Waals surface area contributed by atoms with Gasteiger partial charge >= 0.3 is 0 Å². The third kappa shape index (κ3) is 3.99. The van der Waals surface area contributed by atoms with E-state index >= 15 is 0 Å². The lowest BCUT2D eigenvalue weighted by molar-refractivity contribution is 0.925. The van der Waals surface area contributed by atoms with Gasteiger partial charge in [0.05, 0.1) is 18.4 Å². The molecule has 0 atom stereocenters. The molecule has 0 fully saturated rings. The smallest absolute Gasteiger partial charge is 0.245 e. The van der Waals surface area contributed by atoms with E-state index in [1.165, 1.54) is 5.56 Å². The van der Waals surface area contributed by atoms with Gasteiger partial charge in [-0.2, -0.15) is 10.1 Å². The fraction of sp³-hybridized carbons (Fsp3) is 0.125. The Morgan fingerprint density at radius 3 is 2.55 bits per heavy atom. The molecule has 0 saturated carbocycles. The zero-order valence-electron chi connectivity index (χ0n) is 12.0. The molecule has 6 heteroatoms. The van der Waals surface area contributed by atoms with Crippen LogP contribution in [0.5, 0.6) is 0 Å². The third-order valence-corrected chi connectivity index (χ3v) is 3.03. The number of hydrogen-bond donors (Lipinski definition) is 2. The number of aromatic nitrogens is 4. The number of anilines is 2. The van der Waals surface area contributed by atoms with Crippen LogP contribution in [0.25, 0.3) is 0 Å². The first-order chi connectivity index (χ1) is 10.9. The van der Waals surface area contributed by atoms with Crippen LogP contribution in [0.1, 0.15) is 11.3 Å². The van der Waals surface area contributed by atoms with Crippen LogP contribution in [-0.4, -0.2) is 20.2 Å². The van der Waals surface area contributed by atoms with Crippen LogP contribution in [0, 0.1) is 0 Å². The van der Waals surface area contributed by atoms with Gasteiger partial charge in [0.25, 0.3) is 0 Å². The Hall–Kier alpha value is -3.02. The Morgan fingerprint density at radius 1 is 0.864 bits per heavy atom. The van der Waals surface area contributed by atoms with Gasteiger partial charge in [-0.15, -0.1) is 5.10 Å². The van der Waals surface area contributed by atoms with Crippen molar-refractivity contribution in [2.75, 3.05) is 10.6 Å².